The zero-order valence-electron chi connectivity index (χ0n) is 19.7. The second kappa shape index (κ2) is 12.9. The first-order valence-electron chi connectivity index (χ1n) is 11.9. The van der Waals surface area contributed by atoms with Crippen LogP contribution in [0.5, 0.6) is 0 Å². The van der Waals surface area contributed by atoms with Crippen molar-refractivity contribution in [3.05, 3.63) is 65.2 Å². The van der Waals surface area contributed by atoms with Crippen LogP contribution in [0.1, 0.15) is 55.4 Å². The van der Waals surface area contributed by atoms with Gasteiger partial charge < -0.3 is 15.1 Å². The molecule has 0 unspecified atom stereocenters. The lowest BCUT2D eigenvalue weighted by Gasteiger charge is -2.37. The Balaban J connectivity index is 1.55. The van der Waals surface area contributed by atoms with E-state index < -0.39 is 11.6 Å². The van der Waals surface area contributed by atoms with Crippen molar-refractivity contribution in [1.29, 1.82) is 10.8 Å². The minimum Gasteiger partial charge on any atom is -0.369 e. The van der Waals surface area contributed by atoms with Crippen molar-refractivity contribution in [3.63, 3.8) is 0 Å². The van der Waals surface area contributed by atoms with Gasteiger partial charge in [-0.25, -0.2) is 8.78 Å². The Morgan fingerprint density at radius 2 is 1.76 bits per heavy atom. The summed E-state index contributed by atoms with van der Waals surface area (Å²) in [7, 11) is 0. The number of rotatable bonds is 12. The molecular weight excluding hydrogens is 452 g/mol. The summed E-state index contributed by atoms with van der Waals surface area (Å²) >= 11 is 4.72. The average Bonchev–Trinajstić information content (AvgIpc) is 2.87. The van der Waals surface area contributed by atoms with Crippen molar-refractivity contribution in [1.82, 2.24) is 10.2 Å². The molecule has 2 aromatic rings. The highest BCUT2D eigenvalue weighted by Crippen LogP contribution is 2.28. The van der Waals surface area contributed by atoms with Crippen LogP contribution in [-0.4, -0.2) is 42.8 Å². The number of halogens is 2. The molecule has 0 aromatic heterocycles. The van der Waals surface area contributed by atoms with Crippen LogP contribution in [0.25, 0.3) is 0 Å². The van der Waals surface area contributed by atoms with Gasteiger partial charge in [0.2, 0.25) is 0 Å². The molecule has 8 heteroatoms. The summed E-state index contributed by atoms with van der Waals surface area (Å²) in [5.74, 6) is -0.821. The normalized spacial score (nSPS) is 16.2. The van der Waals surface area contributed by atoms with E-state index in [0.717, 1.165) is 31.9 Å². The zero-order valence-corrected chi connectivity index (χ0v) is 20.6. The Morgan fingerprint density at radius 1 is 1.09 bits per heavy atom. The molecular formula is C26H35F2N5S. The third-order valence-electron chi connectivity index (χ3n) is 6.69. The van der Waals surface area contributed by atoms with E-state index in [4.69, 9.17) is 23.4 Å². The van der Waals surface area contributed by atoms with Gasteiger partial charge in [0.05, 0.1) is 18.4 Å². The Hall–Kier alpha value is -2.45. The van der Waals surface area contributed by atoms with Gasteiger partial charge >= 0.3 is 0 Å². The van der Waals surface area contributed by atoms with Crippen LogP contribution in [0.2, 0.25) is 0 Å². The van der Waals surface area contributed by atoms with Crippen molar-refractivity contribution in [2.45, 2.75) is 62.9 Å². The standard InChI is InChI=1S/C26H35F2N5S/c1-2-21(8-9-26(34)19-6-4-3-5-7-19)31-16-20-14-24(28)25(15-23(20)27)32-12-10-22(11-13-32)33(17-29)18-30/h3-7,14-15,17-18,21-22,26,29-31,34H,2,8-13,16H2,1H3/t21-,26-/m0/s1. The molecule has 1 aliphatic heterocycles. The fraction of sp³-hybridized carbons (Fsp3) is 0.462. The zero-order chi connectivity index (χ0) is 24.5. The van der Waals surface area contributed by atoms with Crippen LogP contribution < -0.4 is 10.2 Å². The van der Waals surface area contributed by atoms with Gasteiger partial charge in [0.25, 0.3) is 0 Å². The van der Waals surface area contributed by atoms with E-state index in [1.165, 1.54) is 17.7 Å². The topological polar surface area (TPSA) is 66.2 Å². The fourth-order valence-electron chi connectivity index (χ4n) is 4.51. The Morgan fingerprint density at radius 3 is 2.38 bits per heavy atom. The molecule has 0 amide bonds. The van der Waals surface area contributed by atoms with Gasteiger partial charge in [-0.3, -0.25) is 10.8 Å². The Kier molecular flexibility index (Phi) is 9.89. The maximum atomic E-state index is 14.9. The summed E-state index contributed by atoms with van der Waals surface area (Å²) in [6.45, 7) is 3.48. The quantitative estimate of drug-likeness (QED) is 0.175. The van der Waals surface area contributed by atoms with Crippen LogP contribution in [0.15, 0.2) is 42.5 Å². The van der Waals surface area contributed by atoms with E-state index in [1.54, 1.807) is 4.90 Å². The minimum atomic E-state index is -0.417. The largest absolute Gasteiger partial charge is 0.369 e. The van der Waals surface area contributed by atoms with Crippen LogP contribution >= 0.6 is 12.6 Å². The van der Waals surface area contributed by atoms with Crippen LogP contribution in [0, 0.1) is 22.5 Å². The number of benzene rings is 2. The first-order chi connectivity index (χ1) is 16.5. The summed E-state index contributed by atoms with van der Waals surface area (Å²) in [6.07, 6.45) is 6.34. The SMILES string of the molecule is CC[C@@H](CC[C@H](S)c1ccccc1)NCc1cc(F)c(N2CCC(N(C=N)C=N)CC2)cc1F. The van der Waals surface area contributed by atoms with Crippen molar-refractivity contribution < 1.29 is 8.78 Å². The smallest absolute Gasteiger partial charge is 0.147 e. The molecule has 3 N–H and O–H groups in total. The van der Waals surface area contributed by atoms with Crippen LogP contribution in [0.3, 0.4) is 0 Å². The third-order valence-corrected chi connectivity index (χ3v) is 7.24. The number of nitrogens with one attached hydrogen (secondary N) is 3. The second-order valence-electron chi connectivity index (χ2n) is 8.81. The lowest BCUT2D eigenvalue weighted by Crippen LogP contribution is -2.44. The number of anilines is 1. The summed E-state index contributed by atoms with van der Waals surface area (Å²) in [4.78, 5) is 3.40. The predicted octanol–water partition coefficient (Wildman–Crippen LogP) is 5.77. The number of thiol groups is 1. The molecule has 0 bridgehead atoms. The molecule has 1 saturated heterocycles. The van der Waals surface area contributed by atoms with Gasteiger partial charge in [0, 0.05) is 48.6 Å². The molecule has 1 heterocycles. The highest BCUT2D eigenvalue weighted by molar-refractivity contribution is 7.80. The number of hydrogen-bond acceptors (Lipinski definition) is 5. The van der Waals surface area contributed by atoms with Crippen molar-refractivity contribution >= 4 is 31.0 Å². The summed E-state index contributed by atoms with van der Waals surface area (Å²) in [6, 6.07) is 13.0. The van der Waals surface area contributed by atoms with Gasteiger partial charge in [0.15, 0.2) is 0 Å². The summed E-state index contributed by atoms with van der Waals surface area (Å²) in [5, 5.41) is 18.3. The molecule has 34 heavy (non-hydrogen) atoms. The first kappa shape index (κ1) is 26.2. The van der Waals surface area contributed by atoms with Gasteiger partial charge in [-0.1, -0.05) is 37.3 Å². The lowest BCUT2D eigenvalue weighted by molar-refractivity contribution is 0.363. The van der Waals surface area contributed by atoms with E-state index in [-0.39, 0.29) is 29.6 Å². The molecule has 0 radical (unpaired) electrons. The van der Waals surface area contributed by atoms with E-state index in [9.17, 15) is 8.78 Å². The van der Waals surface area contributed by atoms with Crippen LogP contribution in [0.4, 0.5) is 14.5 Å². The molecule has 1 fully saturated rings. The maximum absolute atomic E-state index is 14.9. The minimum absolute atomic E-state index is 0.0485. The third kappa shape index (κ3) is 6.79. The van der Waals surface area contributed by atoms with Gasteiger partial charge in [0.1, 0.15) is 11.6 Å². The molecule has 3 rings (SSSR count). The Labute approximate surface area is 207 Å². The lowest BCUT2D eigenvalue weighted by atomic mass is 10.0. The van der Waals surface area contributed by atoms with Crippen molar-refractivity contribution in [2.24, 2.45) is 0 Å². The molecule has 0 spiro atoms. The predicted molar refractivity (Wildman–Crippen MR) is 139 cm³/mol. The average molecular weight is 488 g/mol. The maximum Gasteiger partial charge on any atom is 0.147 e. The van der Waals surface area contributed by atoms with Crippen LogP contribution in [-0.2, 0) is 6.54 Å². The van der Waals surface area contributed by atoms with E-state index in [1.807, 2.05) is 23.1 Å². The highest BCUT2D eigenvalue weighted by atomic mass is 32.1. The van der Waals surface area contributed by atoms with Gasteiger partial charge in [-0.2, -0.15) is 12.6 Å². The molecule has 0 saturated carbocycles. The Bertz CT molecular complexity index is 926. The monoisotopic (exact) mass is 487 g/mol. The molecule has 1 aliphatic rings. The van der Waals surface area contributed by atoms with Crippen molar-refractivity contribution in [2.75, 3.05) is 18.0 Å². The molecule has 0 aliphatic carbocycles. The second-order valence-corrected chi connectivity index (χ2v) is 9.43. The highest BCUT2D eigenvalue weighted by Gasteiger charge is 2.25. The van der Waals surface area contributed by atoms with Gasteiger partial charge in [-0.15, -0.1) is 0 Å². The molecule has 2 aromatic carbocycles. The van der Waals surface area contributed by atoms with E-state index in [0.29, 0.717) is 31.5 Å². The summed E-state index contributed by atoms with van der Waals surface area (Å²) < 4.78 is 29.8. The molecule has 5 nitrogen and oxygen atoms in total. The summed E-state index contributed by atoms with van der Waals surface area (Å²) in [5.41, 5.74) is 1.81. The number of nitrogens with zero attached hydrogens (tertiary/aromatic N) is 2. The molecule has 2 atom stereocenters. The number of hydrogen-bond donors (Lipinski definition) is 4. The molecule has 184 valence electrons. The van der Waals surface area contributed by atoms with E-state index in [2.05, 4.69) is 24.4 Å². The van der Waals surface area contributed by atoms with Crippen molar-refractivity contribution in [3.8, 4) is 0 Å². The van der Waals surface area contributed by atoms with Gasteiger partial charge in [-0.05, 0) is 43.7 Å². The fourth-order valence-corrected chi connectivity index (χ4v) is 4.84. The number of piperidine rings is 1. The van der Waals surface area contributed by atoms with E-state index >= 15 is 0 Å². The first-order valence-corrected chi connectivity index (χ1v) is 12.5.